The van der Waals surface area contributed by atoms with Crippen molar-refractivity contribution < 1.29 is 4.74 Å². The Hall–Kier alpha value is -2.63. The third-order valence-corrected chi connectivity index (χ3v) is 6.53. The van der Waals surface area contributed by atoms with Gasteiger partial charge in [-0.05, 0) is 48.2 Å². The molecule has 5 rings (SSSR count). The van der Waals surface area contributed by atoms with E-state index in [1.54, 1.807) is 0 Å². The molecule has 4 aromatic rings. The first-order chi connectivity index (χ1) is 14.4. The number of rotatable bonds is 6. The highest BCUT2D eigenvalue weighted by molar-refractivity contribution is 7.17. The molecule has 0 atom stereocenters. The van der Waals surface area contributed by atoms with Crippen molar-refractivity contribution in [3.63, 3.8) is 0 Å². The molecule has 0 spiro atoms. The maximum atomic E-state index is 5.96. The van der Waals surface area contributed by atoms with Gasteiger partial charge in [0.05, 0.1) is 12.1 Å². The lowest BCUT2D eigenvalue weighted by atomic mass is 10.2. The van der Waals surface area contributed by atoms with Crippen LogP contribution in [0.15, 0.2) is 66.2 Å². The molecule has 0 N–H and O–H groups in total. The van der Waals surface area contributed by atoms with E-state index in [1.165, 1.54) is 15.8 Å². The number of hydrogen-bond donors (Lipinski definition) is 0. The largest absolute Gasteiger partial charge is 0.493 e. The molecule has 0 radical (unpaired) electrons. The van der Waals surface area contributed by atoms with Crippen molar-refractivity contribution in [1.82, 2.24) is 9.88 Å². The lowest BCUT2D eigenvalue weighted by Gasteiger charge is -2.36. The Morgan fingerprint density at radius 2 is 1.90 bits per heavy atom. The number of anilines is 1. The smallest absolute Gasteiger partial charge is 0.121 e. The first-order valence-corrected chi connectivity index (χ1v) is 11.2. The van der Waals surface area contributed by atoms with Crippen molar-refractivity contribution >= 4 is 38.0 Å². The van der Waals surface area contributed by atoms with Crippen LogP contribution in [-0.4, -0.2) is 49.2 Å². The summed E-state index contributed by atoms with van der Waals surface area (Å²) in [6, 6.07) is 19.1. The zero-order valence-corrected chi connectivity index (χ0v) is 17.3. The highest BCUT2D eigenvalue weighted by Crippen LogP contribution is 2.31. The summed E-state index contributed by atoms with van der Waals surface area (Å²) in [6.45, 7) is 6.23. The first kappa shape index (κ1) is 18.4. The topological polar surface area (TPSA) is 28.6 Å². The second-order valence-electron chi connectivity index (χ2n) is 7.50. The van der Waals surface area contributed by atoms with Gasteiger partial charge in [-0.1, -0.05) is 12.1 Å². The van der Waals surface area contributed by atoms with Crippen molar-refractivity contribution in [2.45, 2.75) is 6.42 Å². The van der Waals surface area contributed by atoms with Crippen molar-refractivity contribution in [2.75, 3.05) is 44.2 Å². The molecule has 4 nitrogen and oxygen atoms in total. The van der Waals surface area contributed by atoms with Crippen LogP contribution in [0.25, 0.3) is 21.0 Å². The fourth-order valence-corrected chi connectivity index (χ4v) is 4.89. The van der Waals surface area contributed by atoms with Gasteiger partial charge in [0.15, 0.2) is 0 Å². The van der Waals surface area contributed by atoms with E-state index in [0.29, 0.717) is 0 Å². The lowest BCUT2D eigenvalue weighted by Crippen LogP contribution is -2.46. The number of fused-ring (bicyclic) bond motifs is 2. The van der Waals surface area contributed by atoms with Crippen LogP contribution in [0.5, 0.6) is 5.75 Å². The lowest BCUT2D eigenvalue weighted by molar-refractivity contribution is 0.225. The number of hydrogen-bond acceptors (Lipinski definition) is 5. The van der Waals surface area contributed by atoms with E-state index in [9.17, 15) is 0 Å². The summed E-state index contributed by atoms with van der Waals surface area (Å²) in [6.07, 6.45) is 2.87. The van der Waals surface area contributed by atoms with E-state index in [-0.39, 0.29) is 0 Å². The molecule has 1 fully saturated rings. The van der Waals surface area contributed by atoms with Gasteiger partial charge in [-0.2, -0.15) is 0 Å². The number of aromatic nitrogens is 1. The molecule has 0 saturated carbocycles. The molecule has 5 heteroatoms. The molecule has 1 aliphatic heterocycles. The van der Waals surface area contributed by atoms with Crippen LogP contribution < -0.4 is 9.64 Å². The van der Waals surface area contributed by atoms with Gasteiger partial charge in [0, 0.05) is 66.1 Å². The fraction of sp³-hybridized carbons (Fsp3) is 0.292. The fourth-order valence-electron chi connectivity index (χ4n) is 4.08. The summed E-state index contributed by atoms with van der Waals surface area (Å²) in [5, 5.41) is 4.73. The third kappa shape index (κ3) is 4.07. The highest BCUT2D eigenvalue weighted by Gasteiger charge is 2.18. The minimum absolute atomic E-state index is 0.743. The van der Waals surface area contributed by atoms with Gasteiger partial charge >= 0.3 is 0 Å². The quantitative estimate of drug-likeness (QED) is 0.422. The summed E-state index contributed by atoms with van der Waals surface area (Å²) < 4.78 is 7.34. The van der Waals surface area contributed by atoms with Crippen LogP contribution in [0.4, 0.5) is 5.69 Å². The Kier molecular flexibility index (Phi) is 5.33. The SMILES string of the molecule is c1cnc2cc(OCCCN3CCN(c4cccc5sccc45)CC3)ccc2c1. The maximum absolute atomic E-state index is 5.96. The van der Waals surface area contributed by atoms with Gasteiger partial charge in [0.2, 0.25) is 0 Å². The second kappa shape index (κ2) is 8.39. The van der Waals surface area contributed by atoms with Crippen LogP contribution in [0.2, 0.25) is 0 Å². The van der Waals surface area contributed by atoms with Gasteiger partial charge in [-0.15, -0.1) is 11.3 Å². The van der Waals surface area contributed by atoms with Crippen molar-refractivity contribution in [2.24, 2.45) is 0 Å². The Morgan fingerprint density at radius 3 is 2.83 bits per heavy atom. The average molecular weight is 404 g/mol. The predicted octanol–water partition coefficient (Wildman–Crippen LogP) is 5.04. The molecule has 29 heavy (non-hydrogen) atoms. The van der Waals surface area contributed by atoms with E-state index in [0.717, 1.165) is 62.4 Å². The normalized spacial score (nSPS) is 15.2. The zero-order valence-electron chi connectivity index (χ0n) is 16.5. The second-order valence-corrected chi connectivity index (χ2v) is 8.45. The zero-order chi connectivity index (χ0) is 19.5. The molecule has 148 valence electrons. The van der Waals surface area contributed by atoms with Gasteiger partial charge in [-0.25, -0.2) is 0 Å². The molecule has 2 aromatic carbocycles. The number of benzene rings is 2. The van der Waals surface area contributed by atoms with Crippen molar-refractivity contribution in [3.05, 3.63) is 66.2 Å². The molecule has 1 saturated heterocycles. The molecule has 3 heterocycles. The predicted molar refractivity (Wildman–Crippen MR) is 122 cm³/mol. The molecule has 0 aliphatic carbocycles. The molecular formula is C24H25N3OS. The third-order valence-electron chi connectivity index (χ3n) is 5.65. The summed E-state index contributed by atoms with van der Waals surface area (Å²) in [4.78, 5) is 9.48. The number of nitrogens with zero attached hydrogens (tertiary/aromatic N) is 3. The minimum atomic E-state index is 0.743. The van der Waals surface area contributed by atoms with E-state index in [1.807, 2.05) is 35.7 Å². The molecular weight excluding hydrogens is 378 g/mol. The maximum Gasteiger partial charge on any atom is 0.121 e. The number of ether oxygens (including phenoxy) is 1. The minimum Gasteiger partial charge on any atom is -0.493 e. The number of piperazine rings is 1. The van der Waals surface area contributed by atoms with Gasteiger partial charge in [-0.3, -0.25) is 9.88 Å². The first-order valence-electron chi connectivity index (χ1n) is 10.3. The van der Waals surface area contributed by atoms with Crippen LogP contribution in [0.3, 0.4) is 0 Å². The Bertz CT molecular complexity index is 1100. The molecule has 0 amide bonds. The monoisotopic (exact) mass is 403 g/mol. The average Bonchev–Trinajstić information content (AvgIpc) is 3.26. The van der Waals surface area contributed by atoms with E-state index in [4.69, 9.17) is 4.74 Å². The Morgan fingerprint density at radius 1 is 0.966 bits per heavy atom. The van der Waals surface area contributed by atoms with Crippen LogP contribution in [0.1, 0.15) is 6.42 Å². The molecule has 0 unspecified atom stereocenters. The van der Waals surface area contributed by atoms with E-state index >= 15 is 0 Å². The standard InChI is InChI=1S/C24H25N3OS/c1-5-23(21-9-17-29-24(21)6-1)27-14-12-26(13-15-27)11-3-16-28-20-8-7-19-4-2-10-25-22(19)18-20/h1-2,4-10,17-18H,3,11-16H2. The van der Waals surface area contributed by atoms with Crippen LogP contribution in [-0.2, 0) is 0 Å². The van der Waals surface area contributed by atoms with Crippen molar-refractivity contribution in [1.29, 1.82) is 0 Å². The highest BCUT2D eigenvalue weighted by atomic mass is 32.1. The van der Waals surface area contributed by atoms with Gasteiger partial charge in [0.25, 0.3) is 0 Å². The molecule has 0 bridgehead atoms. The summed E-state index contributed by atoms with van der Waals surface area (Å²) in [7, 11) is 0. The van der Waals surface area contributed by atoms with Crippen LogP contribution in [0, 0.1) is 0 Å². The Balaban J connectivity index is 1.09. The van der Waals surface area contributed by atoms with E-state index < -0.39 is 0 Å². The molecule has 1 aliphatic rings. The summed E-state index contributed by atoms with van der Waals surface area (Å²) in [5.74, 6) is 0.907. The number of pyridine rings is 1. The van der Waals surface area contributed by atoms with Crippen LogP contribution >= 0.6 is 11.3 Å². The van der Waals surface area contributed by atoms with E-state index in [2.05, 4.69) is 56.6 Å². The Labute approximate surface area is 175 Å². The number of thiophene rings is 1. The summed E-state index contributed by atoms with van der Waals surface area (Å²) >= 11 is 1.82. The van der Waals surface area contributed by atoms with Gasteiger partial charge < -0.3 is 9.64 Å². The van der Waals surface area contributed by atoms with Gasteiger partial charge in [0.1, 0.15) is 5.75 Å². The molecule has 2 aromatic heterocycles. The van der Waals surface area contributed by atoms with Crippen molar-refractivity contribution in [3.8, 4) is 5.75 Å². The summed E-state index contributed by atoms with van der Waals surface area (Å²) in [5.41, 5.74) is 2.37.